The van der Waals surface area contributed by atoms with Gasteiger partial charge in [0, 0.05) is 44.0 Å². The number of rotatable bonds is 5. The molecule has 9 nitrogen and oxygen atoms in total. The van der Waals surface area contributed by atoms with E-state index in [9.17, 15) is 4.39 Å². The lowest BCUT2D eigenvalue weighted by Crippen LogP contribution is -2.44. The van der Waals surface area contributed by atoms with E-state index < -0.39 is 11.6 Å². The van der Waals surface area contributed by atoms with Crippen LogP contribution in [-0.2, 0) is 0 Å². The summed E-state index contributed by atoms with van der Waals surface area (Å²) in [5, 5.41) is 4.02. The van der Waals surface area contributed by atoms with Gasteiger partial charge in [-0.3, -0.25) is 4.98 Å². The molecule has 2 fully saturated rings. The summed E-state index contributed by atoms with van der Waals surface area (Å²) in [6.45, 7) is 4.48. The second kappa shape index (κ2) is 9.34. The van der Waals surface area contributed by atoms with Crippen LogP contribution >= 0.6 is 11.3 Å². The number of anilines is 2. The zero-order chi connectivity index (χ0) is 24.8. The van der Waals surface area contributed by atoms with Crippen LogP contribution in [0.15, 0.2) is 18.3 Å². The minimum absolute atomic E-state index is 0.0317. The number of nitrogen functional groups attached to an aromatic ring is 1. The predicted molar refractivity (Wildman–Crippen MR) is 137 cm³/mol. The lowest BCUT2D eigenvalue weighted by Gasteiger charge is -2.29. The predicted octanol–water partition coefficient (Wildman–Crippen LogP) is 3.04. The second-order valence-electron chi connectivity index (χ2n) is 9.16. The van der Waals surface area contributed by atoms with Crippen LogP contribution in [-0.4, -0.2) is 77.3 Å². The molecule has 2 saturated heterocycles. The van der Waals surface area contributed by atoms with Crippen molar-refractivity contribution in [2.24, 2.45) is 0 Å². The number of thiazole rings is 1. The van der Waals surface area contributed by atoms with Gasteiger partial charge in [-0.1, -0.05) is 11.3 Å². The third-order valence-corrected chi connectivity index (χ3v) is 7.80. The third kappa shape index (κ3) is 4.08. The Balaban J connectivity index is 1.47. The first-order valence-corrected chi connectivity index (χ1v) is 12.8. The molecule has 0 amide bonds. The molecule has 2 aliphatic heterocycles. The highest BCUT2D eigenvalue weighted by Gasteiger charge is 2.25. The molecule has 0 saturated carbocycles. The van der Waals surface area contributed by atoms with Crippen molar-refractivity contribution in [1.82, 2.24) is 30.2 Å². The number of aromatic nitrogens is 4. The van der Waals surface area contributed by atoms with Crippen molar-refractivity contribution in [3.05, 3.63) is 30.0 Å². The summed E-state index contributed by atoms with van der Waals surface area (Å²) < 4.78 is 36.8. The van der Waals surface area contributed by atoms with Gasteiger partial charge in [0.05, 0.1) is 15.6 Å². The topological polar surface area (TPSA) is 105 Å². The number of halogens is 2. The van der Waals surface area contributed by atoms with Crippen molar-refractivity contribution >= 4 is 43.4 Å². The van der Waals surface area contributed by atoms with E-state index in [-0.39, 0.29) is 38.6 Å². The first kappa shape index (κ1) is 23.2. The van der Waals surface area contributed by atoms with Gasteiger partial charge in [0.1, 0.15) is 29.5 Å². The van der Waals surface area contributed by atoms with Gasteiger partial charge in [-0.05, 0) is 38.6 Å². The number of piperazine rings is 1. The van der Waals surface area contributed by atoms with E-state index in [4.69, 9.17) is 10.5 Å². The Bertz CT molecular complexity index is 1440. The van der Waals surface area contributed by atoms with Crippen LogP contribution in [0, 0.1) is 11.6 Å². The number of likely N-dealkylation sites (tertiary alicyclic amines) is 1. The first-order valence-electron chi connectivity index (χ1n) is 12.0. The first-order chi connectivity index (χ1) is 17.5. The third-order valence-electron chi connectivity index (χ3n) is 6.90. The summed E-state index contributed by atoms with van der Waals surface area (Å²) in [4.78, 5) is 22.2. The Hall–Kier alpha value is -3.22. The number of hydrogen-bond acceptors (Lipinski definition) is 10. The molecule has 3 aromatic heterocycles. The van der Waals surface area contributed by atoms with Gasteiger partial charge in [0.25, 0.3) is 0 Å². The number of benzene rings is 1. The van der Waals surface area contributed by atoms with Gasteiger partial charge < -0.3 is 25.6 Å². The summed E-state index contributed by atoms with van der Waals surface area (Å²) in [6.07, 6.45) is 3.73. The molecule has 0 bridgehead atoms. The normalized spacial score (nSPS) is 19.0. The minimum atomic E-state index is -0.631. The largest absolute Gasteiger partial charge is 0.462 e. The molecule has 0 aliphatic carbocycles. The Labute approximate surface area is 210 Å². The van der Waals surface area contributed by atoms with Crippen LogP contribution in [0.2, 0.25) is 0 Å². The lowest BCUT2D eigenvalue weighted by molar-refractivity contribution is 0.188. The minimum Gasteiger partial charge on any atom is -0.462 e. The second-order valence-corrected chi connectivity index (χ2v) is 10.2. The summed E-state index contributed by atoms with van der Waals surface area (Å²) >= 11 is 1.02. The van der Waals surface area contributed by atoms with E-state index in [0.717, 1.165) is 56.9 Å². The highest BCUT2D eigenvalue weighted by Crippen LogP contribution is 2.37. The molecule has 4 aromatic rings. The molecule has 3 N–H and O–H groups in total. The van der Waals surface area contributed by atoms with Gasteiger partial charge in [0.15, 0.2) is 10.9 Å². The smallest absolute Gasteiger partial charge is 0.319 e. The van der Waals surface area contributed by atoms with E-state index >= 15 is 4.39 Å². The monoisotopic (exact) mass is 512 g/mol. The van der Waals surface area contributed by atoms with Gasteiger partial charge in [-0.15, -0.1) is 0 Å². The Morgan fingerprint density at radius 3 is 2.75 bits per heavy atom. The molecule has 5 heterocycles. The van der Waals surface area contributed by atoms with Crippen LogP contribution in [0.25, 0.3) is 32.4 Å². The van der Waals surface area contributed by atoms with Crippen molar-refractivity contribution in [3.8, 4) is 17.3 Å². The van der Waals surface area contributed by atoms with Gasteiger partial charge in [0.2, 0.25) is 0 Å². The van der Waals surface area contributed by atoms with Crippen molar-refractivity contribution < 1.29 is 13.5 Å². The molecule has 1 aromatic carbocycles. The van der Waals surface area contributed by atoms with Crippen molar-refractivity contribution in [2.75, 3.05) is 57.0 Å². The fourth-order valence-corrected chi connectivity index (χ4v) is 5.70. The highest BCUT2D eigenvalue weighted by molar-refractivity contribution is 7.22. The molecule has 0 spiro atoms. The standard InChI is InChI=1S/C24H26F2N8OS/c1-33-8-2-3-13(33)12-35-24-31-19-15(22(32-24)34-9-6-28-7-10-34)11-29-18(17(19)26)14-4-5-16(25)21-20(14)30-23(27)36-21/h4-5,11,13,28H,2-3,6-10,12H2,1H3,(H2,27,30)/t13-/m0/s1. The van der Waals surface area contributed by atoms with Crippen LogP contribution in [0.4, 0.5) is 19.7 Å². The molecular formula is C24H26F2N8OS. The Morgan fingerprint density at radius 1 is 1.14 bits per heavy atom. The zero-order valence-corrected chi connectivity index (χ0v) is 20.6. The number of likely N-dealkylation sites (N-methyl/N-ethyl adjacent to an activating group) is 1. The molecule has 2 aliphatic rings. The molecule has 1 atom stereocenters. The number of nitrogens with one attached hydrogen (secondary N) is 1. The molecule has 12 heteroatoms. The summed E-state index contributed by atoms with van der Waals surface area (Å²) in [5.74, 6) is -0.495. The zero-order valence-electron chi connectivity index (χ0n) is 19.8. The Morgan fingerprint density at radius 2 is 1.97 bits per heavy atom. The van der Waals surface area contributed by atoms with E-state index in [1.807, 2.05) is 0 Å². The molecule has 0 radical (unpaired) electrons. The van der Waals surface area contributed by atoms with E-state index in [0.29, 0.717) is 23.4 Å². The maximum absolute atomic E-state index is 16.1. The van der Waals surface area contributed by atoms with Crippen LogP contribution < -0.4 is 20.7 Å². The van der Waals surface area contributed by atoms with Crippen molar-refractivity contribution in [3.63, 3.8) is 0 Å². The molecule has 6 rings (SSSR count). The average molecular weight is 513 g/mol. The summed E-state index contributed by atoms with van der Waals surface area (Å²) in [5.41, 5.74) is 6.61. The number of hydrogen-bond donors (Lipinski definition) is 2. The van der Waals surface area contributed by atoms with E-state index in [1.54, 1.807) is 6.20 Å². The van der Waals surface area contributed by atoms with E-state index in [2.05, 4.69) is 42.1 Å². The van der Waals surface area contributed by atoms with Crippen LogP contribution in [0.1, 0.15) is 12.8 Å². The lowest BCUT2D eigenvalue weighted by atomic mass is 10.1. The summed E-state index contributed by atoms with van der Waals surface area (Å²) in [6, 6.07) is 3.15. The Kier molecular flexibility index (Phi) is 6.02. The van der Waals surface area contributed by atoms with Crippen molar-refractivity contribution in [2.45, 2.75) is 18.9 Å². The number of pyridine rings is 1. The number of ether oxygens (including phenoxy) is 1. The van der Waals surface area contributed by atoms with Gasteiger partial charge >= 0.3 is 6.01 Å². The van der Waals surface area contributed by atoms with Gasteiger partial charge in [-0.2, -0.15) is 9.97 Å². The molecule has 36 heavy (non-hydrogen) atoms. The average Bonchev–Trinajstić information content (AvgIpc) is 3.49. The number of fused-ring (bicyclic) bond motifs is 2. The van der Waals surface area contributed by atoms with Crippen LogP contribution in [0.3, 0.4) is 0 Å². The number of nitrogens with two attached hydrogens (primary N) is 1. The van der Waals surface area contributed by atoms with E-state index in [1.165, 1.54) is 12.1 Å². The summed E-state index contributed by atoms with van der Waals surface area (Å²) in [7, 11) is 2.07. The molecule has 188 valence electrons. The quantitative estimate of drug-likeness (QED) is 0.417. The molecule has 0 unspecified atom stereocenters. The maximum Gasteiger partial charge on any atom is 0.319 e. The fourth-order valence-electron chi connectivity index (χ4n) is 4.94. The van der Waals surface area contributed by atoms with Gasteiger partial charge in [-0.25, -0.2) is 13.8 Å². The molecular weight excluding hydrogens is 486 g/mol. The maximum atomic E-state index is 16.1. The fraction of sp³-hybridized carbons (Fsp3) is 0.417. The number of nitrogens with zero attached hydrogens (tertiary/aromatic N) is 6. The SMILES string of the molecule is CN1CCC[C@H]1COc1nc(N2CCNCC2)c2cnc(-c3ccc(F)c4sc(N)nc34)c(F)c2n1. The van der Waals surface area contributed by atoms with Crippen molar-refractivity contribution in [1.29, 1.82) is 0 Å². The highest BCUT2D eigenvalue weighted by atomic mass is 32.1. The van der Waals surface area contributed by atoms with Crippen LogP contribution in [0.5, 0.6) is 6.01 Å².